The molecule has 0 saturated heterocycles. The lowest BCUT2D eigenvalue weighted by molar-refractivity contribution is -0.143. The van der Waals surface area contributed by atoms with Gasteiger partial charge in [0.2, 0.25) is 0 Å². The molecular formula is C14H29NO2S. The first-order chi connectivity index (χ1) is 8.61. The fourth-order valence-electron chi connectivity index (χ4n) is 1.77. The number of esters is 1. The average Bonchev–Trinajstić information content (AvgIpc) is 2.35. The highest BCUT2D eigenvalue weighted by atomic mass is 32.2. The molecule has 0 aromatic rings. The van der Waals surface area contributed by atoms with Gasteiger partial charge < -0.3 is 9.64 Å². The molecule has 0 aliphatic rings. The van der Waals surface area contributed by atoms with Crippen molar-refractivity contribution >= 4 is 17.7 Å². The standard InChI is InChI=1S/C14H29NO2S/c1-5-17-14(16)9-7-6-8-11-15(3)13(2)10-12-18-4/h13H,5-12H2,1-4H3. The second kappa shape index (κ2) is 11.8. The summed E-state index contributed by atoms with van der Waals surface area (Å²) < 4.78 is 4.90. The second-order valence-electron chi connectivity index (χ2n) is 4.73. The molecule has 0 N–H and O–H groups in total. The number of ether oxygens (including phenoxy) is 1. The number of carbonyl (C=O) groups excluding carboxylic acids is 1. The van der Waals surface area contributed by atoms with Gasteiger partial charge in [0, 0.05) is 12.5 Å². The van der Waals surface area contributed by atoms with Crippen molar-refractivity contribution in [3.63, 3.8) is 0 Å². The Hall–Kier alpha value is -0.220. The normalized spacial score (nSPS) is 12.7. The molecule has 0 amide bonds. The zero-order valence-corrected chi connectivity index (χ0v) is 13.2. The van der Waals surface area contributed by atoms with E-state index in [-0.39, 0.29) is 5.97 Å². The van der Waals surface area contributed by atoms with Gasteiger partial charge in [0.15, 0.2) is 0 Å². The number of hydrogen-bond acceptors (Lipinski definition) is 4. The number of rotatable bonds is 11. The molecule has 0 spiro atoms. The maximum absolute atomic E-state index is 11.1. The van der Waals surface area contributed by atoms with E-state index in [0.717, 1.165) is 19.4 Å². The van der Waals surface area contributed by atoms with Gasteiger partial charge in [-0.3, -0.25) is 4.79 Å². The SMILES string of the molecule is CCOC(=O)CCCCCN(C)C(C)CCSC. The molecule has 0 radical (unpaired) electrons. The summed E-state index contributed by atoms with van der Waals surface area (Å²) in [6.07, 6.45) is 7.20. The summed E-state index contributed by atoms with van der Waals surface area (Å²) >= 11 is 1.91. The third kappa shape index (κ3) is 9.77. The van der Waals surface area contributed by atoms with Crippen LogP contribution in [-0.2, 0) is 9.53 Å². The van der Waals surface area contributed by atoms with Gasteiger partial charge in [0.05, 0.1) is 6.61 Å². The Kier molecular flexibility index (Phi) is 11.7. The van der Waals surface area contributed by atoms with Crippen LogP contribution < -0.4 is 0 Å². The van der Waals surface area contributed by atoms with Gasteiger partial charge in [-0.1, -0.05) is 6.42 Å². The van der Waals surface area contributed by atoms with Crippen molar-refractivity contribution < 1.29 is 9.53 Å². The minimum atomic E-state index is -0.0563. The molecule has 0 fully saturated rings. The van der Waals surface area contributed by atoms with Gasteiger partial charge in [0.1, 0.15) is 0 Å². The average molecular weight is 275 g/mol. The fraction of sp³-hybridized carbons (Fsp3) is 0.929. The zero-order chi connectivity index (χ0) is 13.8. The number of hydrogen-bond donors (Lipinski definition) is 0. The van der Waals surface area contributed by atoms with Crippen LogP contribution in [0.1, 0.15) is 46.0 Å². The first-order valence-corrected chi connectivity index (χ1v) is 8.36. The Labute approximate surface area is 117 Å². The van der Waals surface area contributed by atoms with Crippen LogP contribution in [0.2, 0.25) is 0 Å². The van der Waals surface area contributed by atoms with Gasteiger partial charge in [-0.15, -0.1) is 0 Å². The van der Waals surface area contributed by atoms with E-state index in [1.165, 1.54) is 18.6 Å². The summed E-state index contributed by atoms with van der Waals surface area (Å²) in [5.41, 5.74) is 0. The molecule has 108 valence electrons. The smallest absolute Gasteiger partial charge is 0.305 e. The van der Waals surface area contributed by atoms with Crippen LogP contribution in [0.5, 0.6) is 0 Å². The van der Waals surface area contributed by atoms with Crippen molar-refractivity contribution in [2.75, 3.05) is 32.2 Å². The highest BCUT2D eigenvalue weighted by molar-refractivity contribution is 7.98. The summed E-state index contributed by atoms with van der Waals surface area (Å²) in [7, 11) is 2.19. The number of unbranched alkanes of at least 4 members (excludes halogenated alkanes) is 2. The van der Waals surface area contributed by atoms with Crippen molar-refractivity contribution in [2.45, 2.75) is 52.0 Å². The van der Waals surface area contributed by atoms with E-state index in [9.17, 15) is 4.79 Å². The highest BCUT2D eigenvalue weighted by Crippen LogP contribution is 2.08. The monoisotopic (exact) mass is 275 g/mol. The Bertz CT molecular complexity index is 212. The van der Waals surface area contributed by atoms with Crippen LogP contribution in [0.25, 0.3) is 0 Å². The molecule has 18 heavy (non-hydrogen) atoms. The lowest BCUT2D eigenvalue weighted by atomic mass is 10.1. The molecule has 0 saturated carbocycles. The third-order valence-electron chi connectivity index (χ3n) is 3.19. The largest absolute Gasteiger partial charge is 0.466 e. The van der Waals surface area contributed by atoms with E-state index in [2.05, 4.69) is 25.1 Å². The van der Waals surface area contributed by atoms with Gasteiger partial charge in [-0.05, 0) is 58.7 Å². The van der Waals surface area contributed by atoms with Crippen LogP contribution >= 0.6 is 11.8 Å². The minimum absolute atomic E-state index is 0.0563. The number of thioether (sulfide) groups is 1. The molecule has 0 heterocycles. The third-order valence-corrected chi connectivity index (χ3v) is 3.83. The molecule has 0 aromatic carbocycles. The van der Waals surface area contributed by atoms with E-state index in [1.54, 1.807) is 0 Å². The molecule has 0 aliphatic heterocycles. The summed E-state index contributed by atoms with van der Waals surface area (Å²) in [5.74, 6) is 1.17. The Morgan fingerprint density at radius 3 is 2.67 bits per heavy atom. The summed E-state index contributed by atoms with van der Waals surface area (Å²) in [6.45, 7) is 5.75. The minimum Gasteiger partial charge on any atom is -0.466 e. The van der Waals surface area contributed by atoms with Gasteiger partial charge in [0.25, 0.3) is 0 Å². The van der Waals surface area contributed by atoms with Crippen molar-refractivity contribution in [3.8, 4) is 0 Å². The molecule has 0 rings (SSSR count). The Morgan fingerprint density at radius 1 is 1.33 bits per heavy atom. The molecule has 0 aromatic heterocycles. The van der Waals surface area contributed by atoms with Crippen molar-refractivity contribution in [2.24, 2.45) is 0 Å². The molecular weight excluding hydrogens is 246 g/mol. The van der Waals surface area contributed by atoms with Crippen LogP contribution in [0.4, 0.5) is 0 Å². The molecule has 1 unspecified atom stereocenters. The van der Waals surface area contributed by atoms with E-state index in [4.69, 9.17) is 4.74 Å². The molecule has 3 nitrogen and oxygen atoms in total. The van der Waals surface area contributed by atoms with Crippen molar-refractivity contribution in [1.82, 2.24) is 4.90 Å². The summed E-state index contributed by atoms with van der Waals surface area (Å²) in [6, 6.07) is 0.655. The number of carbonyl (C=O) groups is 1. The van der Waals surface area contributed by atoms with Gasteiger partial charge in [-0.2, -0.15) is 11.8 Å². The van der Waals surface area contributed by atoms with E-state index >= 15 is 0 Å². The lowest BCUT2D eigenvalue weighted by Crippen LogP contribution is -2.30. The van der Waals surface area contributed by atoms with Gasteiger partial charge >= 0.3 is 5.97 Å². The van der Waals surface area contributed by atoms with Crippen LogP contribution in [-0.4, -0.2) is 49.1 Å². The first kappa shape index (κ1) is 17.8. The molecule has 4 heteroatoms. The molecule has 1 atom stereocenters. The van der Waals surface area contributed by atoms with Crippen LogP contribution in [0, 0.1) is 0 Å². The van der Waals surface area contributed by atoms with E-state index in [0.29, 0.717) is 19.1 Å². The Balaban J connectivity index is 3.44. The maximum atomic E-state index is 11.1. The van der Waals surface area contributed by atoms with Crippen molar-refractivity contribution in [1.29, 1.82) is 0 Å². The first-order valence-electron chi connectivity index (χ1n) is 6.96. The van der Waals surface area contributed by atoms with E-state index in [1.807, 2.05) is 18.7 Å². The van der Waals surface area contributed by atoms with Crippen LogP contribution in [0.3, 0.4) is 0 Å². The topological polar surface area (TPSA) is 29.5 Å². The maximum Gasteiger partial charge on any atom is 0.305 e. The summed E-state index contributed by atoms with van der Waals surface area (Å²) in [4.78, 5) is 13.5. The highest BCUT2D eigenvalue weighted by Gasteiger charge is 2.08. The molecule has 0 aliphatic carbocycles. The Morgan fingerprint density at radius 2 is 2.06 bits per heavy atom. The summed E-state index contributed by atoms with van der Waals surface area (Å²) in [5, 5.41) is 0. The fourth-order valence-corrected chi connectivity index (χ4v) is 2.35. The zero-order valence-electron chi connectivity index (χ0n) is 12.4. The molecule has 0 bridgehead atoms. The second-order valence-corrected chi connectivity index (χ2v) is 5.71. The van der Waals surface area contributed by atoms with Gasteiger partial charge in [-0.25, -0.2) is 0 Å². The number of nitrogens with zero attached hydrogens (tertiary/aromatic N) is 1. The van der Waals surface area contributed by atoms with E-state index < -0.39 is 0 Å². The lowest BCUT2D eigenvalue weighted by Gasteiger charge is -2.24. The van der Waals surface area contributed by atoms with Crippen molar-refractivity contribution in [3.05, 3.63) is 0 Å². The predicted octanol–water partition coefficient (Wildman–Crippen LogP) is 3.18. The predicted molar refractivity (Wildman–Crippen MR) is 80.2 cm³/mol. The quantitative estimate of drug-likeness (QED) is 0.428. The van der Waals surface area contributed by atoms with Crippen LogP contribution in [0.15, 0.2) is 0 Å².